The fraction of sp³-hybridized carbons (Fsp3) is 0.480. The van der Waals surface area contributed by atoms with Crippen LogP contribution in [0.3, 0.4) is 0 Å². The first-order valence-corrected chi connectivity index (χ1v) is 13.8. The molecule has 1 aromatic heterocycles. The molecule has 6 atom stereocenters. The second-order valence-electron chi connectivity index (χ2n) is 9.43. The zero-order valence-electron chi connectivity index (χ0n) is 22.2. The molecule has 12 nitrogen and oxygen atoms in total. The summed E-state index contributed by atoms with van der Waals surface area (Å²) < 4.78 is 51.9. The van der Waals surface area contributed by atoms with Crippen molar-refractivity contribution in [1.29, 1.82) is 0 Å². The number of aliphatic hydroxyl groups excluding tert-OH is 1. The SMILES string of the molecule is C/C=C/c1ccc(OP(=O)(N[C@@H](C)C(=O)OC(C)C)OC[C@H]2O[C@@H](n3ccc(=O)[nH]c3=O)[C@](C)(F)[C@@H]2O)cc1. The lowest BCUT2D eigenvalue weighted by molar-refractivity contribution is -0.149. The molecule has 1 aromatic carbocycles. The first kappa shape index (κ1) is 30.5. The molecule has 0 radical (unpaired) electrons. The molecule has 0 saturated carbocycles. The van der Waals surface area contributed by atoms with Gasteiger partial charge in [0.1, 0.15) is 24.0 Å². The lowest BCUT2D eigenvalue weighted by atomic mass is 9.98. The van der Waals surface area contributed by atoms with Gasteiger partial charge in [-0.05, 0) is 52.3 Å². The van der Waals surface area contributed by atoms with Gasteiger partial charge in [0.25, 0.3) is 5.56 Å². The highest BCUT2D eigenvalue weighted by Gasteiger charge is 2.56. The lowest BCUT2D eigenvalue weighted by Gasteiger charge is -2.25. The second-order valence-corrected chi connectivity index (χ2v) is 11.1. The number of carbonyl (C=O) groups excluding carboxylic acids is 1. The molecule has 3 N–H and O–H groups in total. The number of allylic oxidation sites excluding steroid dienone is 1. The number of benzene rings is 1. The Morgan fingerprint density at radius 2 is 1.95 bits per heavy atom. The number of nitrogens with zero attached hydrogens (tertiary/aromatic N) is 1. The second kappa shape index (κ2) is 12.4. The highest BCUT2D eigenvalue weighted by molar-refractivity contribution is 7.52. The Morgan fingerprint density at radius 1 is 1.28 bits per heavy atom. The van der Waals surface area contributed by atoms with Crippen molar-refractivity contribution < 1.29 is 37.4 Å². The molecule has 39 heavy (non-hydrogen) atoms. The quantitative estimate of drug-likeness (QED) is 0.271. The molecular weight excluding hydrogens is 536 g/mol. The number of aromatic nitrogens is 2. The van der Waals surface area contributed by atoms with Gasteiger partial charge in [0.15, 0.2) is 11.9 Å². The molecule has 1 unspecified atom stereocenters. The maximum absolute atomic E-state index is 15.5. The first-order valence-electron chi connectivity index (χ1n) is 12.2. The number of halogens is 1. The highest BCUT2D eigenvalue weighted by Crippen LogP contribution is 2.47. The Labute approximate surface area is 224 Å². The molecule has 2 aromatic rings. The van der Waals surface area contributed by atoms with Crippen LogP contribution in [0.5, 0.6) is 5.75 Å². The number of aliphatic hydroxyl groups is 1. The molecule has 214 valence electrons. The van der Waals surface area contributed by atoms with Gasteiger partial charge in [0.05, 0.1) is 12.7 Å². The van der Waals surface area contributed by atoms with E-state index in [1.807, 2.05) is 24.1 Å². The third-order valence-electron chi connectivity index (χ3n) is 5.75. The minimum absolute atomic E-state index is 0.143. The Hall–Kier alpha value is -3.09. The standard InChI is InChI=1S/C25H33FN3O9P/c1-6-7-17-8-10-18(11-9-17)38-39(34,28-16(4)22(32)36-15(2)3)35-14-19-21(31)25(5,26)23(37-19)29-13-12-20(30)27-24(29)33/h6-13,15-16,19,21,23,31H,14H2,1-5H3,(H,28,34)(H,27,30,33)/b7-6+/t16-,19+,21+,23+,25+,39?/m0/s1. The van der Waals surface area contributed by atoms with Gasteiger partial charge >= 0.3 is 19.4 Å². The van der Waals surface area contributed by atoms with Crippen molar-refractivity contribution >= 4 is 19.8 Å². The number of carbonyl (C=O) groups is 1. The van der Waals surface area contributed by atoms with Crippen LogP contribution in [0.2, 0.25) is 0 Å². The summed E-state index contributed by atoms with van der Waals surface area (Å²) in [6.07, 6.45) is -0.561. The van der Waals surface area contributed by atoms with E-state index in [0.717, 1.165) is 29.3 Å². The third kappa shape index (κ3) is 7.52. The molecule has 2 heterocycles. The maximum atomic E-state index is 15.5. The number of alkyl halides is 1. The predicted octanol–water partition coefficient (Wildman–Crippen LogP) is 2.69. The van der Waals surface area contributed by atoms with Gasteiger partial charge in [-0.3, -0.25) is 23.7 Å². The van der Waals surface area contributed by atoms with Crippen molar-refractivity contribution in [2.45, 2.75) is 70.9 Å². The summed E-state index contributed by atoms with van der Waals surface area (Å²) in [5.74, 6) is -0.573. The fourth-order valence-electron chi connectivity index (χ4n) is 3.82. The summed E-state index contributed by atoms with van der Waals surface area (Å²) in [6.45, 7) is 6.93. The average Bonchev–Trinajstić information content (AvgIpc) is 3.07. The summed E-state index contributed by atoms with van der Waals surface area (Å²) >= 11 is 0. The Kier molecular flexibility index (Phi) is 9.68. The Balaban J connectivity index is 1.82. The molecule has 3 rings (SSSR count). The van der Waals surface area contributed by atoms with E-state index in [2.05, 4.69) is 5.09 Å². The molecule has 0 aliphatic carbocycles. The van der Waals surface area contributed by atoms with Crippen molar-refractivity contribution in [3.63, 3.8) is 0 Å². The smallest absolute Gasteiger partial charge is 0.459 e. The minimum Gasteiger partial charge on any atom is -0.462 e. The normalized spacial score (nSPS) is 25.5. The highest BCUT2D eigenvalue weighted by atomic mass is 31.2. The Bertz CT molecular complexity index is 1340. The summed E-state index contributed by atoms with van der Waals surface area (Å²) in [4.78, 5) is 37.9. The van der Waals surface area contributed by atoms with Crippen LogP contribution in [0.15, 0.2) is 52.2 Å². The van der Waals surface area contributed by atoms with E-state index >= 15 is 4.39 Å². The number of H-pyrrole nitrogens is 1. The van der Waals surface area contributed by atoms with E-state index in [4.69, 9.17) is 18.5 Å². The van der Waals surface area contributed by atoms with Gasteiger partial charge in [-0.25, -0.2) is 13.8 Å². The number of rotatable bonds is 11. The van der Waals surface area contributed by atoms with Crippen molar-refractivity contribution in [3.8, 4) is 5.75 Å². The van der Waals surface area contributed by atoms with Gasteiger partial charge in [-0.15, -0.1) is 0 Å². The summed E-state index contributed by atoms with van der Waals surface area (Å²) in [5.41, 5.74) is -3.27. The Morgan fingerprint density at radius 3 is 2.54 bits per heavy atom. The number of aromatic amines is 1. The van der Waals surface area contributed by atoms with E-state index in [9.17, 15) is 24.1 Å². The molecule has 1 aliphatic rings. The molecule has 14 heteroatoms. The first-order chi connectivity index (χ1) is 18.3. The van der Waals surface area contributed by atoms with Crippen LogP contribution in [0.1, 0.15) is 46.4 Å². The molecule has 0 bridgehead atoms. The topological polar surface area (TPSA) is 158 Å². The van der Waals surface area contributed by atoms with Crippen LogP contribution >= 0.6 is 7.75 Å². The molecule has 1 aliphatic heterocycles. The van der Waals surface area contributed by atoms with Crippen molar-refractivity contribution in [2.75, 3.05) is 6.61 Å². The van der Waals surface area contributed by atoms with Crippen LogP contribution < -0.4 is 20.9 Å². The van der Waals surface area contributed by atoms with Crippen LogP contribution in [0, 0.1) is 0 Å². The lowest BCUT2D eigenvalue weighted by Crippen LogP contribution is -2.43. The number of ether oxygens (including phenoxy) is 2. The van der Waals surface area contributed by atoms with E-state index in [0.29, 0.717) is 0 Å². The van der Waals surface area contributed by atoms with E-state index in [1.54, 1.807) is 38.1 Å². The van der Waals surface area contributed by atoms with Crippen LogP contribution in [0.25, 0.3) is 6.08 Å². The number of esters is 1. The molecular formula is C25H33FN3O9P. The average molecular weight is 570 g/mol. The number of hydrogen-bond donors (Lipinski definition) is 3. The molecule has 0 spiro atoms. The van der Waals surface area contributed by atoms with Crippen LogP contribution in [-0.4, -0.2) is 57.3 Å². The van der Waals surface area contributed by atoms with Crippen LogP contribution in [-0.2, 0) is 23.4 Å². The van der Waals surface area contributed by atoms with Gasteiger partial charge in [-0.2, -0.15) is 5.09 Å². The van der Waals surface area contributed by atoms with Crippen molar-refractivity contribution in [1.82, 2.24) is 14.6 Å². The predicted molar refractivity (Wildman–Crippen MR) is 140 cm³/mol. The summed E-state index contributed by atoms with van der Waals surface area (Å²) in [6, 6.07) is 6.38. The van der Waals surface area contributed by atoms with Crippen LogP contribution in [0.4, 0.5) is 4.39 Å². The zero-order chi connectivity index (χ0) is 29.0. The van der Waals surface area contributed by atoms with E-state index < -0.39 is 67.8 Å². The van der Waals surface area contributed by atoms with Gasteiger partial charge < -0.3 is 19.1 Å². The number of hydrogen-bond acceptors (Lipinski definition) is 9. The molecule has 1 fully saturated rings. The third-order valence-corrected chi connectivity index (χ3v) is 7.40. The molecule has 1 saturated heterocycles. The maximum Gasteiger partial charge on any atom is 0.459 e. The number of nitrogens with one attached hydrogen (secondary N) is 2. The van der Waals surface area contributed by atoms with Gasteiger partial charge in [-0.1, -0.05) is 24.3 Å². The largest absolute Gasteiger partial charge is 0.462 e. The monoisotopic (exact) mass is 569 g/mol. The van der Waals surface area contributed by atoms with Gasteiger partial charge in [0, 0.05) is 12.3 Å². The zero-order valence-corrected chi connectivity index (χ0v) is 23.1. The van der Waals surface area contributed by atoms with E-state index in [-0.39, 0.29) is 5.75 Å². The van der Waals surface area contributed by atoms with E-state index in [1.165, 1.54) is 6.92 Å². The van der Waals surface area contributed by atoms with Gasteiger partial charge in [0.2, 0.25) is 0 Å². The minimum atomic E-state index is -4.35. The van der Waals surface area contributed by atoms with Crippen molar-refractivity contribution in [2.24, 2.45) is 0 Å². The van der Waals surface area contributed by atoms with Crippen molar-refractivity contribution in [3.05, 3.63) is 69.0 Å². The molecule has 0 amide bonds. The summed E-state index contributed by atoms with van der Waals surface area (Å²) in [5, 5.41) is 13.1. The fourth-order valence-corrected chi connectivity index (χ4v) is 5.32. The summed E-state index contributed by atoms with van der Waals surface area (Å²) in [7, 11) is -4.35.